The van der Waals surface area contributed by atoms with Crippen LogP contribution in [0.2, 0.25) is 0 Å². The molecule has 1 fully saturated rings. The Morgan fingerprint density at radius 2 is 1.74 bits per heavy atom. The molecule has 0 spiro atoms. The summed E-state index contributed by atoms with van der Waals surface area (Å²) in [6.45, 7) is 0. The van der Waals surface area contributed by atoms with Gasteiger partial charge in [0.15, 0.2) is 0 Å². The van der Waals surface area contributed by atoms with Gasteiger partial charge in [-0.3, -0.25) is 0 Å². The van der Waals surface area contributed by atoms with E-state index in [0.29, 0.717) is 6.04 Å². The number of nitrogens with one attached hydrogen (secondary N) is 1. The van der Waals surface area contributed by atoms with Crippen LogP contribution < -0.4 is 10.1 Å². The first-order chi connectivity index (χ1) is 9.33. The molecular formula is C17H27NO. The first-order valence-electron chi connectivity index (χ1n) is 7.64. The molecule has 2 heteroatoms. The molecule has 1 unspecified atom stereocenters. The first-order valence-corrected chi connectivity index (χ1v) is 7.64. The molecule has 0 saturated heterocycles. The monoisotopic (exact) mass is 261 g/mol. The second kappa shape index (κ2) is 7.54. The van der Waals surface area contributed by atoms with Crippen molar-refractivity contribution >= 4 is 0 Å². The minimum Gasteiger partial charge on any atom is -0.497 e. The van der Waals surface area contributed by atoms with Gasteiger partial charge in [0.05, 0.1) is 7.11 Å². The van der Waals surface area contributed by atoms with E-state index in [0.717, 1.165) is 11.7 Å². The van der Waals surface area contributed by atoms with E-state index in [9.17, 15) is 0 Å². The molecule has 1 atom stereocenters. The van der Waals surface area contributed by atoms with Crippen LogP contribution in [0.1, 0.15) is 56.6 Å². The lowest BCUT2D eigenvalue weighted by molar-refractivity contribution is 0.367. The van der Waals surface area contributed by atoms with Crippen LogP contribution in [-0.2, 0) is 0 Å². The zero-order valence-electron chi connectivity index (χ0n) is 12.3. The molecule has 0 aromatic heterocycles. The SMILES string of the molecule is CNC(CC1CCCCCC1)c1ccc(OC)cc1. The average Bonchev–Trinajstić information content (AvgIpc) is 2.73. The van der Waals surface area contributed by atoms with E-state index in [1.807, 2.05) is 0 Å². The summed E-state index contributed by atoms with van der Waals surface area (Å²) in [5.41, 5.74) is 1.38. The van der Waals surface area contributed by atoms with Crippen molar-refractivity contribution in [2.75, 3.05) is 14.2 Å². The van der Waals surface area contributed by atoms with Crippen LogP contribution >= 0.6 is 0 Å². The van der Waals surface area contributed by atoms with Gasteiger partial charge in [0.2, 0.25) is 0 Å². The van der Waals surface area contributed by atoms with Gasteiger partial charge >= 0.3 is 0 Å². The molecule has 1 aliphatic carbocycles. The number of methoxy groups -OCH3 is 1. The van der Waals surface area contributed by atoms with Crippen molar-refractivity contribution in [1.29, 1.82) is 0 Å². The molecule has 0 amide bonds. The van der Waals surface area contributed by atoms with Gasteiger partial charge in [-0.1, -0.05) is 50.7 Å². The molecule has 0 heterocycles. The molecule has 1 aromatic carbocycles. The van der Waals surface area contributed by atoms with E-state index in [2.05, 4.69) is 36.6 Å². The van der Waals surface area contributed by atoms with Crippen molar-refractivity contribution in [3.63, 3.8) is 0 Å². The second-order valence-electron chi connectivity index (χ2n) is 5.71. The van der Waals surface area contributed by atoms with Gasteiger partial charge in [-0.15, -0.1) is 0 Å². The van der Waals surface area contributed by atoms with E-state index in [1.165, 1.54) is 50.5 Å². The minimum absolute atomic E-state index is 0.481. The molecule has 2 rings (SSSR count). The smallest absolute Gasteiger partial charge is 0.118 e. The van der Waals surface area contributed by atoms with E-state index >= 15 is 0 Å². The molecule has 0 aliphatic heterocycles. The van der Waals surface area contributed by atoms with Gasteiger partial charge in [-0.2, -0.15) is 0 Å². The fraction of sp³-hybridized carbons (Fsp3) is 0.647. The summed E-state index contributed by atoms with van der Waals surface area (Å²) < 4.78 is 5.23. The summed E-state index contributed by atoms with van der Waals surface area (Å²) in [6, 6.07) is 8.99. The van der Waals surface area contributed by atoms with Gasteiger partial charge in [0.25, 0.3) is 0 Å². The highest BCUT2D eigenvalue weighted by molar-refractivity contribution is 5.29. The van der Waals surface area contributed by atoms with Crippen LogP contribution in [0.3, 0.4) is 0 Å². The van der Waals surface area contributed by atoms with E-state index in [4.69, 9.17) is 4.74 Å². The molecule has 106 valence electrons. The molecule has 0 radical (unpaired) electrons. The van der Waals surface area contributed by atoms with Gasteiger partial charge in [0.1, 0.15) is 5.75 Å². The van der Waals surface area contributed by atoms with Crippen LogP contribution in [0.5, 0.6) is 5.75 Å². The van der Waals surface area contributed by atoms with Crippen molar-refractivity contribution in [3.05, 3.63) is 29.8 Å². The fourth-order valence-electron chi connectivity index (χ4n) is 3.19. The molecule has 1 aliphatic rings. The first kappa shape index (κ1) is 14.4. The predicted octanol–water partition coefficient (Wildman–Crippen LogP) is 4.32. The molecule has 0 bridgehead atoms. The van der Waals surface area contributed by atoms with E-state index in [-0.39, 0.29) is 0 Å². The Kier molecular flexibility index (Phi) is 5.71. The highest BCUT2D eigenvalue weighted by Gasteiger charge is 2.18. The topological polar surface area (TPSA) is 21.3 Å². The van der Waals surface area contributed by atoms with E-state index in [1.54, 1.807) is 7.11 Å². The standard InChI is InChI=1S/C17H27NO/c1-18-17(13-14-7-5-3-4-6-8-14)15-9-11-16(19-2)12-10-15/h9-12,14,17-18H,3-8,13H2,1-2H3. The third-order valence-corrected chi connectivity index (χ3v) is 4.41. The predicted molar refractivity (Wildman–Crippen MR) is 80.6 cm³/mol. The number of hydrogen-bond acceptors (Lipinski definition) is 2. The van der Waals surface area contributed by atoms with Crippen molar-refractivity contribution < 1.29 is 4.74 Å². The lowest BCUT2D eigenvalue weighted by atomic mass is 9.89. The van der Waals surface area contributed by atoms with Gasteiger partial charge in [-0.25, -0.2) is 0 Å². The molecule has 1 saturated carbocycles. The maximum Gasteiger partial charge on any atom is 0.118 e. The number of rotatable bonds is 5. The summed E-state index contributed by atoms with van der Waals surface area (Å²) >= 11 is 0. The zero-order valence-corrected chi connectivity index (χ0v) is 12.3. The number of hydrogen-bond donors (Lipinski definition) is 1. The Labute approximate surface area is 117 Å². The van der Waals surface area contributed by atoms with Crippen molar-refractivity contribution in [2.24, 2.45) is 5.92 Å². The lowest BCUT2D eigenvalue weighted by Crippen LogP contribution is -2.19. The van der Waals surface area contributed by atoms with Crippen molar-refractivity contribution in [1.82, 2.24) is 5.32 Å². The largest absolute Gasteiger partial charge is 0.497 e. The minimum atomic E-state index is 0.481. The van der Waals surface area contributed by atoms with Gasteiger partial charge in [0, 0.05) is 6.04 Å². The quantitative estimate of drug-likeness (QED) is 0.797. The summed E-state index contributed by atoms with van der Waals surface area (Å²) in [6.07, 6.45) is 9.80. The normalized spacial score (nSPS) is 18.8. The van der Waals surface area contributed by atoms with Crippen molar-refractivity contribution in [3.8, 4) is 5.75 Å². The fourth-order valence-corrected chi connectivity index (χ4v) is 3.19. The van der Waals surface area contributed by atoms with Crippen LogP contribution in [0.25, 0.3) is 0 Å². The van der Waals surface area contributed by atoms with Crippen LogP contribution in [-0.4, -0.2) is 14.2 Å². The average molecular weight is 261 g/mol. The highest BCUT2D eigenvalue weighted by Crippen LogP contribution is 2.31. The van der Waals surface area contributed by atoms with Crippen LogP contribution in [0.15, 0.2) is 24.3 Å². The Hall–Kier alpha value is -1.02. The van der Waals surface area contributed by atoms with Crippen LogP contribution in [0, 0.1) is 5.92 Å². The Morgan fingerprint density at radius 3 is 2.26 bits per heavy atom. The Bertz CT molecular complexity index is 352. The summed E-state index contributed by atoms with van der Waals surface area (Å²) in [5.74, 6) is 1.83. The summed E-state index contributed by atoms with van der Waals surface area (Å²) in [4.78, 5) is 0. The summed E-state index contributed by atoms with van der Waals surface area (Å²) in [5, 5.41) is 3.48. The maximum atomic E-state index is 5.23. The molecule has 1 N–H and O–H groups in total. The molecule has 2 nitrogen and oxygen atoms in total. The molecule has 1 aromatic rings. The van der Waals surface area contributed by atoms with E-state index < -0.39 is 0 Å². The highest BCUT2D eigenvalue weighted by atomic mass is 16.5. The van der Waals surface area contributed by atoms with Crippen LogP contribution in [0.4, 0.5) is 0 Å². The zero-order chi connectivity index (χ0) is 13.5. The lowest BCUT2D eigenvalue weighted by Gasteiger charge is -2.23. The Morgan fingerprint density at radius 1 is 1.11 bits per heavy atom. The third-order valence-electron chi connectivity index (χ3n) is 4.41. The third kappa shape index (κ3) is 4.24. The number of benzene rings is 1. The van der Waals surface area contributed by atoms with Crippen molar-refractivity contribution in [2.45, 2.75) is 51.0 Å². The number of ether oxygens (including phenoxy) is 1. The maximum absolute atomic E-state index is 5.23. The molecular weight excluding hydrogens is 234 g/mol. The second-order valence-corrected chi connectivity index (χ2v) is 5.71. The molecule has 19 heavy (non-hydrogen) atoms. The Balaban J connectivity index is 1.97. The van der Waals surface area contributed by atoms with Gasteiger partial charge in [-0.05, 0) is 37.1 Å². The summed E-state index contributed by atoms with van der Waals surface area (Å²) in [7, 11) is 3.79. The van der Waals surface area contributed by atoms with Gasteiger partial charge < -0.3 is 10.1 Å².